The molecule has 0 aromatic heterocycles. The number of hydrogen-bond donors (Lipinski definition) is 1. The molecule has 1 aromatic carbocycles. The van der Waals surface area contributed by atoms with Gasteiger partial charge in [0, 0.05) is 11.9 Å². The zero-order valence-electron chi connectivity index (χ0n) is 8.97. The van der Waals surface area contributed by atoms with E-state index < -0.39 is 24.8 Å². The molecule has 90 valence electrons. The Morgan fingerprint density at radius 2 is 1.75 bits per heavy atom. The molecule has 0 spiro atoms. The van der Waals surface area contributed by atoms with Crippen LogP contribution in [0.5, 0.6) is 0 Å². The van der Waals surface area contributed by atoms with Crippen LogP contribution >= 0.6 is 0 Å². The van der Waals surface area contributed by atoms with Crippen molar-refractivity contribution in [3.05, 3.63) is 23.8 Å². The van der Waals surface area contributed by atoms with Crippen molar-refractivity contribution in [1.82, 2.24) is 0 Å². The van der Waals surface area contributed by atoms with E-state index in [1.54, 1.807) is 6.92 Å². The molecule has 0 heterocycles. The van der Waals surface area contributed by atoms with Gasteiger partial charge < -0.3 is 5.73 Å². The molecule has 5 nitrogen and oxygen atoms in total. The lowest BCUT2D eigenvalue weighted by Gasteiger charge is -2.05. The van der Waals surface area contributed by atoms with Crippen molar-refractivity contribution in [2.75, 3.05) is 17.1 Å². The summed E-state index contributed by atoms with van der Waals surface area (Å²) in [6, 6.07) is 4.13. The van der Waals surface area contributed by atoms with Crippen LogP contribution in [0.15, 0.2) is 23.1 Å². The maximum atomic E-state index is 11.7. The van der Waals surface area contributed by atoms with Gasteiger partial charge in [-0.3, -0.25) is 0 Å². The van der Waals surface area contributed by atoms with E-state index in [-0.39, 0.29) is 4.90 Å². The molecule has 7 heteroatoms. The average Bonchev–Trinajstić information content (AvgIpc) is 2.05. The molecule has 16 heavy (non-hydrogen) atoms. The second kappa shape index (κ2) is 4.06. The van der Waals surface area contributed by atoms with Crippen LogP contribution in [0, 0.1) is 6.92 Å². The molecule has 0 aliphatic carbocycles. The Labute approximate surface area is 95.1 Å². The lowest BCUT2D eigenvalue weighted by Crippen LogP contribution is -2.15. The first-order valence-electron chi connectivity index (χ1n) is 4.38. The summed E-state index contributed by atoms with van der Waals surface area (Å²) in [5.41, 5.74) is 6.62. The minimum Gasteiger partial charge on any atom is -0.399 e. The maximum Gasteiger partial charge on any atom is 0.192 e. The zero-order valence-corrected chi connectivity index (χ0v) is 10.6. The Morgan fingerprint density at radius 3 is 2.19 bits per heavy atom. The molecule has 2 N–H and O–H groups in total. The highest BCUT2D eigenvalue weighted by Crippen LogP contribution is 2.18. The Hall–Kier alpha value is -1.08. The van der Waals surface area contributed by atoms with Gasteiger partial charge in [-0.25, -0.2) is 16.8 Å². The predicted molar refractivity (Wildman–Crippen MR) is 62.5 cm³/mol. The molecule has 0 atom stereocenters. The van der Waals surface area contributed by atoms with Gasteiger partial charge in [0.2, 0.25) is 0 Å². The van der Waals surface area contributed by atoms with Gasteiger partial charge in [-0.2, -0.15) is 0 Å². The number of sulfone groups is 2. The van der Waals surface area contributed by atoms with E-state index >= 15 is 0 Å². The largest absolute Gasteiger partial charge is 0.399 e. The summed E-state index contributed by atoms with van der Waals surface area (Å²) >= 11 is 0. The van der Waals surface area contributed by atoms with Gasteiger partial charge in [-0.1, -0.05) is 0 Å². The quantitative estimate of drug-likeness (QED) is 0.794. The van der Waals surface area contributed by atoms with Crippen molar-refractivity contribution >= 4 is 25.4 Å². The molecule has 0 aliphatic rings. The monoisotopic (exact) mass is 263 g/mol. The van der Waals surface area contributed by atoms with E-state index in [0.717, 1.165) is 6.26 Å². The summed E-state index contributed by atoms with van der Waals surface area (Å²) < 4.78 is 45.3. The van der Waals surface area contributed by atoms with Crippen LogP contribution in [-0.4, -0.2) is 28.2 Å². The number of nitrogen functional groups attached to an aromatic ring is 1. The van der Waals surface area contributed by atoms with Gasteiger partial charge in [0.15, 0.2) is 24.8 Å². The molecule has 0 fully saturated rings. The van der Waals surface area contributed by atoms with Crippen molar-refractivity contribution < 1.29 is 16.8 Å². The molecule has 0 saturated heterocycles. The number of benzene rings is 1. The summed E-state index contributed by atoms with van der Waals surface area (Å²) in [6.45, 7) is 1.66. The van der Waals surface area contributed by atoms with Crippen LogP contribution in [-0.2, 0) is 19.7 Å². The van der Waals surface area contributed by atoms with Crippen LogP contribution in [0.3, 0.4) is 0 Å². The first kappa shape index (κ1) is 13.0. The van der Waals surface area contributed by atoms with E-state index in [0.29, 0.717) is 11.3 Å². The van der Waals surface area contributed by atoms with Crippen molar-refractivity contribution in [1.29, 1.82) is 0 Å². The van der Waals surface area contributed by atoms with Crippen molar-refractivity contribution in [3.8, 4) is 0 Å². The molecular weight excluding hydrogens is 250 g/mol. The third kappa shape index (κ3) is 3.21. The Balaban J connectivity index is 3.24. The lowest BCUT2D eigenvalue weighted by molar-refractivity contribution is 0.591. The van der Waals surface area contributed by atoms with Crippen LogP contribution in [0.2, 0.25) is 0 Å². The third-order valence-electron chi connectivity index (χ3n) is 1.97. The molecular formula is C9H13NO4S2. The third-order valence-corrected chi connectivity index (χ3v) is 5.90. The van der Waals surface area contributed by atoms with E-state index in [9.17, 15) is 16.8 Å². The minimum atomic E-state index is -3.80. The molecule has 0 radical (unpaired) electrons. The highest BCUT2D eigenvalue weighted by Gasteiger charge is 2.21. The summed E-state index contributed by atoms with van der Waals surface area (Å²) in [4.78, 5) is -0.0235. The highest BCUT2D eigenvalue weighted by molar-refractivity contribution is 8.07. The summed E-state index contributed by atoms with van der Waals surface area (Å²) in [7, 11) is -7.37. The molecule has 0 bridgehead atoms. The fraction of sp³-hybridized carbons (Fsp3) is 0.333. The fourth-order valence-corrected chi connectivity index (χ4v) is 4.62. The normalized spacial score (nSPS) is 12.6. The van der Waals surface area contributed by atoms with E-state index in [1.807, 2.05) is 0 Å². The van der Waals surface area contributed by atoms with Crippen molar-refractivity contribution in [2.45, 2.75) is 11.8 Å². The van der Waals surface area contributed by atoms with Gasteiger partial charge in [0.1, 0.15) is 0 Å². The van der Waals surface area contributed by atoms with Gasteiger partial charge in [-0.15, -0.1) is 0 Å². The maximum absolute atomic E-state index is 11.7. The summed E-state index contributed by atoms with van der Waals surface area (Å²) in [6.07, 6.45) is 0.884. The van der Waals surface area contributed by atoms with E-state index in [2.05, 4.69) is 0 Å². The Kier molecular flexibility index (Phi) is 3.30. The number of anilines is 1. The standard InChI is InChI=1S/C9H13NO4S2/c1-7-5-8(3-4-9(7)10)16(13,14)6-15(2,11)12/h3-5H,6,10H2,1-2H3. The van der Waals surface area contributed by atoms with E-state index in [1.165, 1.54) is 18.2 Å². The number of nitrogens with two attached hydrogens (primary N) is 1. The van der Waals surface area contributed by atoms with E-state index in [4.69, 9.17) is 5.73 Å². The minimum absolute atomic E-state index is 0.0235. The van der Waals surface area contributed by atoms with Gasteiger partial charge >= 0.3 is 0 Å². The predicted octanol–water partition coefficient (Wildman–Crippen LogP) is 0.353. The summed E-state index contributed by atoms with van der Waals surface area (Å²) in [5, 5.41) is -0.886. The number of aryl methyl sites for hydroxylation is 1. The van der Waals surface area contributed by atoms with Crippen LogP contribution in [0.25, 0.3) is 0 Å². The first-order valence-corrected chi connectivity index (χ1v) is 8.10. The SMILES string of the molecule is Cc1cc(S(=O)(=O)CS(C)(=O)=O)ccc1N. The van der Waals surface area contributed by atoms with Gasteiger partial charge in [-0.05, 0) is 30.7 Å². The molecule has 1 aromatic rings. The second-order valence-electron chi connectivity index (χ2n) is 3.68. The zero-order chi connectivity index (χ0) is 12.6. The van der Waals surface area contributed by atoms with Crippen LogP contribution in [0.1, 0.15) is 5.56 Å². The second-order valence-corrected chi connectivity index (χ2v) is 8.17. The molecule has 1 rings (SSSR count). The highest BCUT2D eigenvalue weighted by atomic mass is 32.3. The van der Waals surface area contributed by atoms with Crippen molar-refractivity contribution in [3.63, 3.8) is 0 Å². The van der Waals surface area contributed by atoms with Gasteiger partial charge in [0.25, 0.3) is 0 Å². The molecule has 0 aliphatic heterocycles. The van der Waals surface area contributed by atoms with Gasteiger partial charge in [0.05, 0.1) is 4.90 Å². The van der Waals surface area contributed by atoms with Crippen molar-refractivity contribution in [2.24, 2.45) is 0 Å². The number of rotatable bonds is 3. The Morgan fingerprint density at radius 1 is 1.19 bits per heavy atom. The fourth-order valence-electron chi connectivity index (χ4n) is 1.19. The summed E-state index contributed by atoms with van der Waals surface area (Å²) in [5.74, 6) is 0. The topological polar surface area (TPSA) is 94.3 Å². The lowest BCUT2D eigenvalue weighted by atomic mass is 10.2. The average molecular weight is 263 g/mol. The number of hydrogen-bond acceptors (Lipinski definition) is 5. The molecule has 0 unspecified atom stereocenters. The smallest absolute Gasteiger partial charge is 0.192 e. The van der Waals surface area contributed by atoms with Crippen LogP contribution in [0.4, 0.5) is 5.69 Å². The van der Waals surface area contributed by atoms with Crippen LogP contribution < -0.4 is 5.73 Å². The Bertz CT molecular complexity index is 602. The first-order chi connectivity index (χ1) is 7.12. The molecule has 0 amide bonds. The molecule has 0 saturated carbocycles.